The van der Waals surface area contributed by atoms with Crippen molar-refractivity contribution in [2.45, 2.75) is 19.3 Å². The Labute approximate surface area is 204 Å². The van der Waals surface area contributed by atoms with Crippen LogP contribution in [0.2, 0.25) is 0 Å². The number of nitrogens with zero attached hydrogens (tertiary/aromatic N) is 1. The van der Waals surface area contributed by atoms with E-state index in [0.717, 1.165) is 47.8 Å². The monoisotopic (exact) mass is 468 g/mol. The third kappa shape index (κ3) is 5.23. The quantitative estimate of drug-likeness (QED) is 0.317. The lowest BCUT2D eigenvalue weighted by atomic mass is 9.99. The summed E-state index contributed by atoms with van der Waals surface area (Å²) in [5.41, 5.74) is 2.30. The zero-order chi connectivity index (χ0) is 24.2. The summed E-state index contributed by atoms with van der Waals surface area (Å²) in [5.74, 6) is 1.42. The van der Waals surface area contributed by atoms with Gasteiger partial charge in [0.15, 0.2) is 5.75 Å². The molecule has 6 nitrogen and oxygen atoms in total. The van der Waals surface area contributed by atoms with Crippen molar-refractivity contribution in [2.75, 3.05) is 25.0 Å². The molecule has 4 aromatic carbocycles. The number of hydrogen-bond acceptors (Lipinski definition) is 5. The van der Waals surface area contributed by atoms with Crippen LogP contribution >= 0.6 is 0 Å². The number of ether oxygens (including phenoxy) is 1. The lowest BCUT2D eigenvalue weighted by Crippen LogP contribution is -2.36. The van der Waals surface area contributed by atoms with Crippen LogP contribution < -0.4 is 10.1 Å². The number of amides is 1. The van der Waals surface area contributed by atoms with E-state index in [0.29, 0.717) is 23.7 Å². The first-order valence-corrected chi connectivity index (χ1v) is 11.9. The molecule has 0 saturated carbocycles. The Morgan fingerprint density at radius 2 is 1.60 bits per heavy atom. The normalized spacial score (nSPS) is 14.1. The summed E-state index contributed by atoms with van der Waals surface area (Å²) in [6.07, 6.45) is 3.48. The van der Waals surface area contributed by atoms with Gasteiger partial charge in [-0.05, 0) is 85.4 Å². The maximum absolute atomic E-state index is 12.8. The molecule has 178 valence electrons. The van der Waals surface area contributed by atoms with Crippen molar-refractivity contribution in [1.29, 1.82) is 0 Å². The van der Waals surface area contributed by atoms with Crippen LogP contribution in [0.15, 0.2) is 78.9 Å². The van der Waals surface area contributed by atoms with Crippen molar-refractivity contribution in [2.24, 2.45) is 0 Å². The Morgan fingerprint density at radius 1 is 0.857 bits per heavy atom. The average Bonchev–Trinajstić information content (AvgIpc) is 2.86. The SMILES string of the molecule is O=C(CN1CCCCC1)Nc1ccccc1Oc1c(-c2ccc(O)cc2)ccc2cc(O)ccc12. The maximum atomic E-state index is 12.8. The first kappa shape index (κ1) is 22.7. The molecular weight excluding hydrogens is 440 g/mol. The Balaban J connectivity index is 1.50. The summed E-state index contributed by atoms with van der Waals surface area (Å²) < 4.78 is 6.50. The number of carbonyl (C=O) groups excluding carboxylic acids is 1. The number of phenols is 2. The molecule has 0 aliphatic carbocycles. The van der Waals surface area contributed by atoms with Crippen LogP contribution in [0.1, 0.15) is 19.3 Å². The van der Waals surface area contributed by atoms with Gasteiger partial charge in [-0.3, -0.25) is 9.69 Å². The van der Waals surface area contributed by atoms with Crippen molar-refractivity contribution in [3.05, 3.63) is 78.9 Å². The first-order valence-electron chi connectivity index (χ1n) is 11.9. The minimum absolute atomic E-state index is 0.0652. The van der Waals surface area contributed by atoms with Crippen LogP contribution in [0.25, 0.3) is 21.9 Å². The summed E-state index contributed by atoms with van der Waals surface area (Å²) in [4.78, 5) is 15.0. The van der Waals surface area contributed by atoms with E-state index in [-0.39, 0.29) is 17.4 Å². The highest BCUT2D eigenvalue weighted by Crippen LogP contribution is 2.42. The molecule has 0 unspecified atom stereocenters. The second-order valence-electron chi connectivity index (χ2n) is 8.88. The van der Waals surface area contributed by atoms with Crippen molar-refractivity contribution >= 4 is 22.4 Å². The fourth-order valence-corrected chi connectivity index (χ4v) is 4.55. The number of piperidine rings is 1. The molecule has 1 heterocycles. The lowest BCUT2D eigenvalue weighted by Gasteiger charge is -2.25. The minimum Gasteiger partial charge on any atom is -0.508 e. The van der Waals surface area contributed by atoms with Crippen LogP contribution in [-0.2, 0) is 4.79 Å². The van der Waals surface area contributed by atoms with E-state index in [1.54, 1.807) is 24.3 Å². The molecule has 5 rings (SSSR count). The number of aromatic hydroxyl groups is 2. The van der Waals surface area contributed by atoms with Crippen LogP contribution in [0, 0.1) is 0 Å². The molecule has 0 atom stereocenters. The van der Waals surface area contributed by atoms with Crippen LogP contribution in [0.4, 0.5) is 5.69 Å². The molecule has 0 spiro atoms. The van der Waals surface area contributed by atoms with Gasteiger partial charge in [0.1, 0.15) is 17.2 Å². The first-order chi connectivity index (χ1) is 17.1. The van der Waals surface area contributed by atoms with Gasteiger partial charge in [-0.1, -0.05) is 36.8 Å². The van der Waals surface area contributed by atoms with Crippen molar-refractivity contribution in [3.63, 3.8) is 0 Å². The van der Waals surface area contributed by atoms with Gasteiger partial charge in [-0.25, -0.2) is 0 Å². The molecule has 0 bridgehead atoms. The number of carbonyl (C=O) groups is 1. The second-order valence-corrected chi connectivity index (χ2v) is 8.88. The number of para-hydroxylation sites is 2. The molecule has 1 saturated heterocycles. The lowest BCUT2D eigenvalue weighted by molar-refractivity contribution is -0.117. The van der Waals surface area contributed by atoms with Gasteiger partial charge < -0.3 is 20.3 Å². The molecule has 0 aromatic heterocycles. The van der Waals surface area contributed by atoms with E-state index >= 15 is 0 Å². The molecule has 0 radical (unpaired) electrons. The van der Waals surface area contributed by atoms with Gasteiger partial charge in [0.25, 0.3) is 0 Å². The summed E-state index contributed by atoms with van der Waals surface area (Å²) >= 11 is 0. The fraction of sp³-hybridized carbons (Fsp3) is 0.207. The number of nitrogens with one attached hydrogen (secondary N) is 1. The largest absolute Gasteiger partial charge is 0.508 e. The third-order valence-electron chi connectivity index (χ3n) is 6.32. The van der Waals surface area contributed by atoms with E-state index in [9.17, 15) is 15.0 Å². The van der Waals surface area contributed by atoms with Crippen molar-refractivity contribution < 1.29 is 19.7 Å². The molecular formula is C29H28N2O4. The molecule has 3 N–H and O–H groups in total. The number of fused-ring (bicyclic) bond motifs is 1. The Hall–Kier alpha value is -4.03. The topological polar surface area (TPSA) is 82.0 Å². The standard InChI is InChI=1S/C29H28N2O4/c32-22-11-8-20(9-12-22)24-14-10-21-18-23(33)13-15-25(21)29(24)35-27-7-3-2-6-26(27)30-28(34)19-31-16-4-1-5-17-31/h2-3,6-15,18,32-33H,1,4-5,16-17,19H2,(H,30,34). The fourth-order valence-electron chi connectivity index (χ4n) is 4.55. The molecule has 1 fully saturated rings. The van der Waals surface area contributed by atoms with Crippen LogP contribution in [0.3, 0.4) is 0 Å². The highest BCUT2D eigenvalue weighted by molar-refractivity contribution is 5.97. The molecule has 1 aliphatic heterocycles. The average molecular weight is 469 g/mol. The Bertz CT molecular complexity index is 1340. The number of phenolic OH excluding ortho intramolecular Hbond substituents is 2. The number of hydrogen-bond donors (Lipinski definition) is 3. The van der Waals surface area contributed by atoms with Gasteiger partial charge in [0, 0.05) is 10.9 Å². The Morgan fingerprint density at radius 3 is 2.40 bits per heavy atom. The summed E-state index contributed by atoms with van der Waals surface area (Å²) in [6, 6.07) is 23.3. The van der Waals surface area contributed by atoms with Gasteiger partial charge in [0.2, 0.25) is 5.91 Å². The van der Waals surface area contributed by atoms with Crippen molar-refractivity contribution in [3.8, 4) is 34.1 Å². The van der Waals surface area contributed by atoms with E-state index < -0.39 is 0 Å². The highest BCUT2D eigenvalue weighted by Gasteiger charge is 2.18. The van der Waals surface area contributed by atoms with Crippen LogP contribution in [-0.4, -0.2) is 40.7 Å². The zero-order valence-corrected chi connectivity index (χ0v) is 19.4. The molecule has 1 aliphatic rings. The van der Waals surface area contributed by atoms with Gasteiger partial charge in [0.05, 0.1) is 12.2 Å². The van der Waals surface area contributed by atoms with E-state index in [2.05, 4.69) is 10.2 Å². The minimum atomic E-state index is -0.0652. The number of benzene rings is 4. The molecule has 4 aromatic rings. The van der Waals surface area contributed by atoms with Gasteiger partial charge >= 0.3 is 0 Å². The third-order valence-corrected chi connectivity index (χ3v) is 6.32. The van der Waals surface area contributed by atoms with Gasteiger partial charge in [-0.2, -0.15) is 0 Å². The van der Waals surface area contributed by atoms with E-state index in [1.807, 2.05) is 54.6 Å². The molecule has 6 heteroatoms. The summed E-state index contributed by atoms with van der Waals surface area (Å²) in [5, 5.41) is 24.4. The highest BCUT2D eigenvalue weighted by atomic mass is 16.5. The van der Waals surface area contributed by atoms with E-state index in [4.69, 9.17) is 4.74 Å². The predicted octanol–water partition coefficient (Wildman–Crippen LogP) is 6.13. The number of anilines is 1. The molecule has 1 amide bonds. The Kier molecular flexibility index (Phi) is 6.55. The zero-order valence-electron chi connectivity index (χ0n) is 19.4. The second kappa shape index (κ2) is 10.1. The summed E-state index contributed by atoms with van der Waals surface area (Å²) in [7, 11) is 0. The summed E-state index contributed by atoms with van der Waals surface area (Å²) in [6.45, 7) is 2.26. The number of rotatable bonds is 6. The van der Waals surface area contributed by atoms with E-state index in [1.165, 1.54) is 6.42 Å². The van der Waals surface area contributed by atoms with Gasteiger partial charge in [-0.15, -0.1) is 0 Å². The maximum Gasteiger partial charge on any atom is 0.238 e. The van der Waals surface area contributed by atoms with Crippen LogP contribution in [0.5, 0.6) is 23.0 Å². The predicted molar refractivity (Wildman–Crippen MR) is 138 cm³/mol. The smallest absolute Gasteiger partial charge is 0.238 e. The molecule has 35 heavy (non-hydrogen) atoms. The van der Waals surface area contributed by atoms with Crippen molar-refractivity contribution in [1.82, 2.24) is 4.90 Å². The number of likely N-dealkylation sites (tertiary alicyclic amines) is 1.